The van der Waals surface area contributed by atoms with Crippen LogP contribution in [0.4, 0.5) is 0 Å². The molecule has 0 saturated heterocycles. The van der Waals surface area contributed by atoms with Crippen molar-refractivity contribution in [3.05, 3.63) is 149 Å². The van der Waals surface area contributed by atoms with Crippen molar-refractivity contribution >= 4 is 39.6 Å². The van der Waals surface area contributed by atoms with Gasteiger partial charge < -0.3 is 23.7 Å². The predicted molar refractivity (Wildman–Crippen MR) is 179 cm³/mol. The lowest BCUT2D eigenvalue weighted by molar-refractivity contribution is 0.0770. The Morgan fingerprint density at radius 3 is 1.82 bits per heavy atom. The summed E-state index contributed by atoms with van der Waals surface area (Å²) in [6.45, 7) is 0.532. The van der Waals surface area contributed by atoms with Gasteiger partial charge in [-0.3, -0.25) is 4.79 Å². The number of rotatable bonds is 12. The lowest BCUT2D eigenvalue weighted by Crippen LogP contribution is -2.35. The number of hydrogen-bond donors (Lipinski definition) is 0. The van der Waals surface area contributed by atoms with E-state index in [-0.39, 0.29) is 18.7 Å². The standard InChI is InChI=1S/C36H33BrNO5P/c1-41-29-20-18-27(19-21-29)24-38(26-44(40,30-14-8-4-9-15-30)31-16-10-5-11-17-31)36(39)32-22-35(34(42-2)23-33(32)37)43-25-28-12-6-3-7-13-28/h3-23H,24-26H2,1-2H3. The number of nitrogens with zero attached hydrogens (tertiary/aromatic N) is 1. The van der Waals surface area contributed by atoms with E-state index in [1.807, 2.05) is 115 Å². The smallest absolute Gasteiger partial charge is 0.255 e. The van der Waals surface area contributed by atoms with Crippen LogP contribution in [0.25, 0.3) is 0 Å². The molecule has 0 aliphatic carbocycles. The fraction of sp³-hybridized carbons (Fsp3) is 0.139. The summed E-state index contributed by atoms with van der Waals surface area (Å²) in [5.41, 5.74) is 2.23. The maximum Gasteiger partial charge on any atom is 0.255 e. The molecule has 0 radical (unpaired) electrons. The van der Waals surface area contributed by atoms with Crippen molar-refractivity contribution in [3.63, 3.8) is 0 Å². The summed E-state index contributed by atoms with van der Waals surface area (Å²) in [7, 11) is -0.122. The maximum absolute atomic E-state index is 15.1. The summed E-state index contributed by atoms with van der Waals surface area (Å²) in [6.07, 6.45) is -0.00936. The summed E-state index contributed by atoms with van der Waals surface area (Å²) in [5.74, 6) is 1.34. The number of hydrogen-bond acceptors (Lipinski definition) is 5. The molecule has 0 aliphatic rings. The van der Waals surface area contributed by atoms with Crippen LogP contribution in [0, 0.1) is 0 Å². The van der Waals surface area contributed by atoms with Gasteiger partial charge in [0.15, 0.2) is 18.6 Å². The molecule has 0 fully saturated rings. The van der Waals surface area contributed by atoms with Crippen molar-refractivity contribution in [2.45, 2.75) is 13.2 Å². The molecule has 44 heavy (non-hydrogen) atoms. The van der Waals surface area contributed by atoms with Gasteiger partial charge in [-0.05, 0) is 51.3 Å². The van der Waals surface area contributed by atoms with Crippen LogP contribution in [0.15, 0.2) is 132 Å². The molecule has 0 N–H and O–H groups in total. The van der Waals surface area contributed by atoms with Crippen LogP contribution in [0.3, 0.4) is 0 Å². The Bertz CT molecular complexity index is 1690. The third kappa shape index (κ3) is 7.24. The van der Waals surface area contributed by atoms with Gasteiger partial charge in [-0.2, -0.15) is 0 Å². The Balaban J connectivity index is 1.56. The Morgan fingerprint density at radius 2 is 1.27 bits per heavy atom. The zero-order valence-electron chi connectivity index (χ0n) is 24.6. The molecular weight excluding hydrogens is 637 g/mol. The van der Waals surface area contributed by atoms with Crippen molar-refractivity contribution in [1.82, 2.24) is 4.90 Å². The monoisotopic (exact) mass is 669 g/mol. The molecule has 0 saturated carbocycles. The summed E-state index contributed by atoms with van der Waals surface area (Å²) < 4.78 is 32.7. The molecular formula is C36H33BrNO5P. The first-order valence-corrected chi connectivity index (χ1v) is 16.8. The molecule has 224 valence electrons. The normalized spacial score (nSPS) is 11.1. The third-order valence-electron chi connectivity index (χ3n) is 7.26. The average Bonchev–Trinajstić information content (AvgIpc) is 3.08. The van der Waals surface area contributed by atoms with Gasteiger partial charge in [0.05, 0.1) is 26.1 Å². The molecule has 0 atom stereocenters. The van der Waals surface area contributed by atoms with Crippen molar-refractivity contribution < 1.29 is 23.6 Å². The Hall–Kier alpha value is -4.32. The van der Waals surface area contributed by atoms with Gasteiger partial charge in [0, 0.05) is 21.6 Å². The molecule has 8 heteroatoms. The summed E-state index contributed by atoms with van der Waals surface area (Å²) in [4.78, 5) is 16.2. The van der Waals surface area contributed by atoms with E-state index < -0.39 is 7.14 Å². The van der Waals surface area contributed by atoms with Crippen LogP contribution in [0.5, 0.6) is 17.2 Å². The molecule has 0 aliphatic heterocycles. The third-order valence-corrected chi connectivity index (χ3v) is 10.9. The predicted octanol–water partition coefficient (Wildman–Crippen LogP) is 7.66. The highest BCUT2D eigenvalue weighted by molar-refractivity contribution is 9.10. The first-order valence-electron chi connectivity index (χ1n) is 14.1. The van der Waals surface area contributed by atoms with Crippen LogP contribution in [0.2, 0.25) is 0 Å². The molecule has 5 aromatic rings. The van der Waals surface area contributed by atoms with Gasteiger partial charge in [0.25, 0.3) is 5.91 Å². The second kappa shape index (κ2) is 14.4. The molecule has 6 nitrogen and oxygen atoms in total. The number of amides is 1. The SMILES string of the molecule is COc1ccc(CN(CP(=O)(c2ccccc2)c2ccccc2)C(=O)c2cc(OCc3ccccc3)c(OC)cc2Br)cc1. The zero-order valence-corrected chi connectivity index (χ0v) is 27.0. The molecule has 0 heterocycles. The molecule has 0 aromatic heterocycles. The number of carbonyl (C=O) groups is 1. The lowest BCUT2D eigenvalue weighted by atomic mass is 10.1. The maximum atomic E-state index is 15.1. The summed E-state index contributed by atoms with van der Waals surface area (Å²) in [6, 6.07) is 39.4. The minimum atomic E-state index is -3.29. The molecule has 0 bridgehead atoms. The van der Waals surface area contributed by atoms with Crippen molar-refractivity contribution in [2.75, 3.05) is 20.5 Å². The zero-order chi connectivity index (χ0) is 30.9. The molecule has 5 aromatic carbocycles. The van der Waals surface area contributed by atoms with E-state index in [2.05, 4.69) is 15.9 Å². The van der Waals surface area contributed by atoms with Crippen LogP contribution in [-0.4, -0.2) is 31.3 Å². The Labute approximate surface area is 266 Å². The highest BCUT2D eigenvalue weighted by Crippen LogP contribution is 2.45. The second-order valence-corrected chi connectivity index (χ2v) is 13.8. The second-order valence-electron chi connectivity index (χ2n) is 10.2. The van der Waals surface area contributed by atoms with Gasteiger partial charge in [-0.1, -0.05) is 103 Å². The number of carbonyl (C=O) groups excluding carboxylic acids is 1. The Kier molecular flexibility index (Phi) is 10.2. The summed E-state index contributed by atoms with van der Waals surface area (Å²) in [5, 5.41) is 1.36. The Morgan fingerprint density at radius 1 is 0.705 bits per heavy atom. The van der Waals surface area contributed by atoms with Gasteiger partial charge in [0.2, 0.25) is 0 Å². The minimum Gasteiger partial charge on any atom is -0.497 e. The highest BCUT2D eigenvalue weighted by Gasteiger charge is 2.33. The summed E-state index contributed by atoms with van der Waals surface area (Å²) >= 11 is 3.59. The highest BCUT2D eigenvalue weighted by atomic mass is 79.9. The minimum absolute atomic E-state index is 0.00936. The van der Waals surface area contributed by atoms with E-state index >= 15 is 4.57 Å². The van der Waals surface area contributed by atoms with E-state index in [1.54, 1.807) is 31.3 Å². The van der Waals surface area contributed by atoms with E-state index in [1.165, 1.54) is 0 Å². The average molecular weight is 671 g/mol. The van der Waals surface area contributed by atoms with E-state index in [4.69, 9.17) is 14.2 Å². The van der Waals surface area contributed by atoms with E-state index in [9.17, 15) is 4.79 Å². The van der Waals surface area contributed by atoms with E-state index in [0.717, 1.165) is 11.1 Å². The number of ether oxygens (including phenoxy) is 3. The van der Waals surface area contributed by atoms with Gasteiger partial charge in [-0.25, -0.2) is 0 Å². The van der Waals surface area contributed by atoms with Gasteiger partial charge in [-0.15, -0.1) is 0 Å². The van der Waals surface area contributed by atoms with E-state index in [0.29, 0.717) is 44.5 Å². The fourth-order valence-electron chi connectivity index (χ4n) is 4.90. The molecule has 0 spiro atoms. The van der Waals surface area contributed by atoms with Crippen LogP contribution >= 0.6 is 23.1 Å². The van der Waals surface area contributed by atoms with Gasteiger partial charge >= 0.3 is 0 Å². The number of benzene rings is 5. The van der Waals surface area contributed by atoms with Crippen molar-refractivity contribution in [3.8, 4) is 17.2 Å². The van der Waals surface area contributed by atoms with Crippen molar-refractivity contribution in [2.24, 2.45) is 0 Å². The largest absolute Gasteiger partial charge is 0.497 e. The van der Waals surface area contributed by atoms with Crippen LogP contribution in [0.1, 0.15) is 21.5 Å². The molecule has 5 rings (SSSR count). The first kappa shape index (κ1) is 31.1. The van der Waals surface area contributed by atoms with Crippen molar-refractivity contribution in [1.29, 1.82) is 0 Å². The molecule has 1 amide bonds. The number of halogens is 1. The quantitative estimate of drug-likeness (QED) is 0.128. The lowest BCUT2D eigenvalue weighted by Gasteiger charge is -2.29. The fourth-order valence-corrected chi connectivity index (χ4v) is 8.04. The van der Waals surface area contributed by atoms with Crippen LogP contribution in [-0.2, 0) is 17.7 Å². The topological polar surface area (TPSA) is 65.1 Å². The first-order chi connectivity index (χ1) is 21.4. The molecule has 0 unspecified atom stereocenters. The van der Waals surface area contributed by atoms with Gasteiger partial charge in [0.1, 0.15) is 12.4 Å². The number of methoxy groups -OCH3 is 2. The van der Waals surface area contributed by atoms with Crippen LogP contribution < -0.4 is 24.8 Å².